The zero-order chi connectivity index (χ0) is 15.2. The molecule has 0 saturated heterocycles. The molecule has 0 bridgehead atoms. The van der Waals surface area contributed by atoms with Crippen LogP contribution >= 0.6 is 23.6 Å². The first-order chi connectivity index (χ1) is 10.1. The average Bonchev–Trinajstić information content (AvgIpc) is 2.90. The number of hydrogen-bond donors (Lipinski definition) is 1. The number of carbonyl (C=O) groups excluding carboxylic acids is 1. The number of aryl methyl sites for hydroxylation is 1. The van der Waals surface area contributed by atoms with Crippen LogP contribution in [0.15, 0.2) is 36.0 Å². The third-order valence-electron chi connectivity index (χ3n) is 3.07. The maximum atomic E-state index is 12.7. The normalized spacial score (nSPS) is 10.3. The first-order valence-electron chi connectivity index (χ1n) is 6.58. The van der Waals surface area contributed by atoms with Crippen LogP contribution in [0, 0.1) is 6.92 Å². The Bertz CT molecular complexity index is 625. The number of carbonyl (C=O) groups is 1. The van der Waals surface area contributed by atoms with E-state index in [4.69, 9.17) is 18.0 Å². The molecular formula is C15H17N3OS2. The highest BCUT2D eigenvalue weighted by Gasteiger charge is 2.19. The molecule has 0 aliphatic heterocycles. The average molecular weight is 319 g/mol. The molecule has 0 spiro atoms. The van der Waals surface area contributed by atoms with E-state index in [1.807, 2.05) is 30.5 Å². The molecular weight excluding hydrogens is 302 g/mol. The summed E-state index contributed by atoms with van der Waals surface area (Å²) >= 11 is 6.38. The van der Waals surface area contributed by atoms with Gasteiger partial charge in [-0.3, -0.25) is 9.78 Å². The van der Waals surface area contributed by atoms with Crippen molar-refractivity contribution in [1.82, 2.24) is 9.88 Å². The van der Waals surface area contributed by atoms with Gasteiger partial charge >= 0.3 is 0 Å². The van der Waals surface area contributed by atoms with Gasteiger partial charge in [0.1, 0.15) is 0 Å². The van der Waals surface area contributed by atoms with Crippen molar-refractivity contribution >= 4 is 34.5 Å². The fraction of sp³-hybridized carbons (Fsp3) is 0.267. The van der Waals surface area contributed by atoms with Gasteiger partial charge in [0.25, 0.3) is 5.91 Å². The van der Waals surface area contributed by atoms with Crippen LogP contribution in [0.1, 0.15) is 27.2 Å². The molecule has 0 saturated carbocycles. The number of aromatic nitrogens is 1. The molecule has 0 aliphatic carbocycles. The molecule has 2 aromatic rings. The Labute approximate surface area is 133 Å². The van der Waals surface area contributed by atoms with Gasteiger partial charge in [-0.05, 0) is 35.6 Å². The summed E-state index contributed by atoms with van der Waals surface area (Å²) in [7, 11) is 0. The smallest absolute Gasteiger partial charge is 0.264 e. The Hall–Kier alpha value is -1.79. The van der Waals surface area contributed by atoms with Crippen LogP contribution in [-0.4, -0.2) is 27.3 Å². The van der Waals surface area contributed by atoms with Crippen LogP contribution in [0.25, 0.3) is 0 Å². The molecule has 21 heavy (non-hydrogen) atoms. The number of pyridine rings is 1. The number of nitrogens with zero attached hydrogens (tertiary/aromatic N) is 2. The third kappa shape index (κ3) is 4.34. The maximum absolute atomic E-state index is 12.7. The van der Waals surface area contributed by atoms with Crippen molar-refractivity contribution in [2.24, 2.45) is 5.73 Å². The standard InChI is InChI=1S/C15H17N3OS2/c1-11-5-8-21-14(11)15(19)18(7-4-13(16)20)10-12-3-2-6-17-9-12/h2-3,5-6,8-9H,4,7,10H2,1H3,(H2,16,20). The van der Waals surface area contributed by atoms with Crippen LogP contribution in [-0.2, 0) is 6.54 Å². The summed E-state index contributed by atoms with van der Waals surface area (Å²) in [6, 6.07) is 5.77. The third-order valence-corrected chi connectivity index (χ3v) is 4.28. The summed E-state index contributed by atoms with van der Waals surface area (Å²) in [4.78, 5) is 19.7. The van der Waals surface area contributed by atoms with Gasteiger partial charge < -0.3 is 10.6 Å². The molecule has 2 heterocycles. The van der Waals surface area contributed by atoms with Gasteiger partial charge in [-0.25, -0.2) is 0 Å². The first kappa shape index (κ1) is 15.6. The van der Waals surface area contributed by atoms with Gasteiger partial charge in [-0.2, -0.15) is 0 Å². The predicted molar refractivity (Wildman–Crippen MR) is 89.4 cm³/mol. The fourth-order valence-electron chi connectivity index (χ4n) is 1.95. The van der Waals surface area contributed by atoms with Gasteiger partial charge in [0.05, 0.1) is 9.87 Å². The van der Waals surface area contributed by atoms with Crippen LogP contribution in [0.3, 0.4) is 0 Å². The quantitative estimate of drug-likeness (QED) is 0.832. The molecule has 0 unspecified atom stereocenters. The zero-order valence-corrected chi connectivity index (χ0v) is 13.4. The van der Waals surface area contributed by atoms with Gasteiger partial charge in [0.2, 0.25) is 0 Å². The lowest BCUT2D eigenvalue weighted by atomic mass is 10.2. The van der Waals surface area contributed by atoms with Gasteiger partial charge in [-0.15, -0.1) is 11.3 Å². The number of amides is 1. The highest BCUT2D eigenvalue weighted by molar-refractivity contribution is 7.80. The monoisotopic (exact) mass is 319 g/mol. The van der Waals surface area contributed by atoms with Crippen molar-refractivity contribution in [3.63, 3.8) is 0 Å². The Morgan fingerprint density at radius 2 is 2.29 bits per heavy atom. The number of thiocarbonyl (C=S) groups is 1. The van der Waals surface area contributed by atoms with Gasteiger partial charge in [0, 0.05) is 31.9 Å². The van der Waals surface area contributed by atoms with Crippen LogP contribution < -0.4 is 5.73 Å². The summed E-state index contributed by atoms with van der Waals surface area (Å²) in [5, 5.41) is 1.93. The molecule has 6 heteroatoms. The summed E-state index contributed by atoms with van der Waals surface area (Å²) in [5.74, 6) is 0.0163. The van der Waals surface area contributed by atoms with E-state index in [0.29, 0.717) is 24.5 Å². The van der Waals surface area contributed by atoms with Crippen molar-refractivity contribution in [3.05, 3.63) is 52.0 Å². The molecule has 1 amide bonds. The van der Waals surface area contributed by atoms with Crippen LogP contribution in [0.5, 0.6) is 0 Å². The van der Waals surface area contributed by atoms with E-state index in [0.717, 1.165) is 16.0 Å². The number of rotatable bonds is 6. The summed E-state index contributed by atoms with van der Waals surface area (Å²) in [6.45, 7) is 2.96. The molecule has 4 nitrogen and oxygen atoms in total. The maximum Gasteiger partial charge on any atom is 0.264 e. The molecule has 2 aromatic heterocycles. The lowest BCUT2D eigenvalue weighted by Crippen LogP contribution is -2.33. The van der Waals surface area contributed by atoms with Gasteiger partial charge in [-0.1, -0.05) is 18.3 Å². The summed E-state index contributed by atoms with van der Waals surface area (Å²) < 4.78 is 0. The largest absolute Gasteiger partial charge is 0.393 e. The van der Waals surface area contributed by atoms with Crippen molar-refractivity contribution in [2.75, 3.05) is 6.54 Å². The van der Waals surface area contributed by atoms with Crippen molar-refractivity contribution in [1.29, 1.82) is 0 Å². The molecule has 0 fully saturated rings. The molecule has 2 N–H and O–H groups in total. The second-order valence-corrected chi connectivity index (χ2v) is 6.18. The van der Waals surface area contributed by atoms with E-state index in [9.17, 15) is 4.79 Å². The van der Waals surface area contributed by atoms with Crippen LogP contribution in [0.4, 0.5) is 0 Å². The number of thiophene rings is 1. The molecule has 0 aliphatic rings. The van der Waals surface area contributed by atoms with Crippen LogP contribution in [0.2, 0.25) is 0 Å². The van der Waals surface area contributed by atoms with Gasteiger partial charge in [0.15, 0.2) is 0 Å². The first-order valence-corrected chi connectivity index (χ1v) is 7.87. The Kier molecular flexibility index (Phi) is 5.41. The lowest BCUT2D eigenvalue weighted by Gasteiger charge is -2.22. The fourth-order valence-corrected chi connectivity index (χ4v) is 2.93. The molecule has 0 atom stereocenters. The number of nitrogens with two attached hydrogens (primary N) is 1. The number of hydrogen-bond acceptors (Lipinski definition) is 4. The lowest BCUT2D eigenvalue weighted by molar-refractivity contribution is 0.0752. The minimum absolute atomic E-state index is 0.0163. The second kappa shape index (κ2) is 7.28. The summed E-state index contributed by atoms with van der Waals surface area (Å²) in [5.41, 5.74) is 7.55. The van der Waals surface area contributed by atoms with Crippen molar-refractivity contribution in [3.8, 4) is 0 Å². The van der Waals surface area contributed by atoms with E-state index >= 15 is 0 Å². The van der Waals surface area contributed by atoms with Crippen molar-refractivity contribution < 1.29 is 4.79 Å². The summed E-state index contributed by atoms with van der Waals surface area (Å²) in [6.07, 6.45) is 4.00. The Balaban J connectivity index is 2.17. The van der Waals surface area contributed by atoms with E-state index in [-0.39, 0.29) is 5.91 Å². The molecule has 110 valence electrons. The minimum Gasteiger partial charge on any atom is -0.393 e. The second-order valence-electron chi connectivity index (χ2n) is 4.74. The van der Waals surface area contributed by atoms with E-state index in [2.05, 4.69) is 4.98 Å². The zero-order valence-electron chi connectivity index (χ0n) is 11.8. The van der Waals surface area contributed by atoms with E-state index < -0.39 is 0 Å². The Morgan fingerprint density at radius 1 is 1.48 bits per heavy atom. The minimum atomic E-state index is 0.0163. The molecule has 2 rings (SSSR count). The molecule has 0 radical (unpaired) electrons. The van der Waals surface area contributed by atoms with E-state index in [1.54, 1.807) is 17.3 Å². The van der Waals surface area contributed by atoms with Crippen molar-refractivity contribution in [2.45, 2.75) is 19.9 Å². The topological polar surface area (TPSA) is 59.2 Å². The SMILES string of the molecule is Cc1ccsc1C(=O)N(CCC(N)=S)Cc1cccnc1. The highest BCUT2D eigenvalue weighted by Crippen LogP contribution is 2.19. The predicted octanol–water partition coefficient (Wildman–Crippen LogP) is 2.77. The highest BCUT2D eigenvalue weighted by atomic mass is 32.1. The van der Waals surface area contributed by atoms with E-state index in [1.165, 1.54) is 11.3 Å². The Morgan fingerprint density at radius 3 is 2.86 bits per heavy atom. The molecule has 0 aromatic carbocycles.